The van der Waals surface area contributed by atoms with E-state index in [-0.39, 0.29) is 35.1 Å². The minimum absolute atomic E-state index is 0.00306. The van der Waals surface area contributed by atoms with Crippen LogP contribution < -0.4 is 15.0 Å². The molecule has 9 heteroatoms. The Bertz CT molecular complexity index is 1180. The van der Waals surface area contributed by atoms with Crippen molar-refractivity contribution in [3.8, 4) is 17.0 Å². The molecule has 1 heterocycles. The van der Waals surface area contributed by atoms with Gasteiger partial charge < -0.3 is 4.74 Å². The number of ether oxygens (including phenoxy) is 1. The second-order valence-electron chi connectivity index (χ2n) is 6.36. The van der Waals surface area contributed by atoms with E-state index in [0.717, 1.165) is 5.56 Å². The summed E-state index contributed by atoms with van der Waals surface area (Å²) in [4.78, 5) is 16.5. The number of hydrogen-bond acceptors (Lipinski definition) is 5. The molecule has 0 radical (unpaired) electrons. The van der Waals surface area contributed by atoms with E-state index in [9.17, 15) is 17.6 Å². The lowest BCUT2D eigenvalue weighted by molar-refractivity contribution is 0.402. The first-order valence-corrected chi connectivity index (χ1v) is 10.3. The zero-order chi connectivity index (χ0) is 21.0. The van der Waals surface area contributed by atoms with Gasteiger partial charge in [0, 0.05) is 24.7 Å². The number of aryl methyl sites for hydroxylation is 1. The minimum atomic E-state index is -3.81. The highest BCUT2D eigenvalue weighted by Gasteiger charge is 2.19. The second kappa shape index (κ2) is 8.54. The maximum atomic E-state index is 13.0. The monoisotopic (exact) mass is 417 g/mol. The summed E-state index contributed by atoms with van der Waals surface area (Å²) in [6.07, 6.45) is 1.34. The number of rotatable bonds is 7. The molecule has 3 rings (SSSR count). The molecule has 0 bridgehead atoms. The number of aromatic nitrogens is 2. The summed E-state index contributed by atoms with van der Waals surface area (Å²) in [5, 5.41) is 0. The third kappa shape index (κ3) is 4.87. The maximum absolute atomic E-state index is 13.0. The Hall–Kier alpha value is -3.04. The predicted octanol–water partition coefficient (Wildman–Crippen LogP) is 2.34. The number of nitrogens with one attached hydrogen (secondary N) is 1. The summed E-state index contributed by atoms with van der Waals surface area (Å²) in [5.74, 6) is -0.134. The molecule has 7 nitrogen and oxygen atoms in total. The summed E-state index contributed by atoms with van der Waals surface area (Å²) in [6, 6.07) is 11.8. The fourth-order valence-electron chi connectivity index (χ4n) is 2.74. The van der Waals surface area contributed by atoms with Crippen LogP contribution in [0.1, 0.15) is 5.56 Å². The number of methoxy groups -OCH3 is 1. The lowest BCUT2D eigenvalue weighted by Gasteiger charge is -2.12. The average Bonchev–Trinajstić information content (AvgIpc) is 2.69. The molecule has 0 saturated carbocycles. The van der Waals surface area contributed by atoms with E-state index in [2.05, 4.69) is 9.71 Å². The van der Waals surface area contributed by atoms with Gasteiger partial charge in [-0.3, -0.25) is 9.36 Å². The van der Waals surface area contributed by atoms with Crippen LogP contribution in [0.3, 0.4) is 0 Å². The number of nitrogens with zero attached hydrogens (tertiary/aromatic N) is 2. The van der Waals surface area contributed by atoms with Gasteiger partial charge >= 0.3 is 0 Å². The second-order valence-corrected chi connectivity index (χ2v) is 8.10. The molecule has 0 spiro atoms. The van der Waals surface area contributed by atoms with E-state index in [1.807, 2.05) is 0 Å². The fourth-order valence-corrected chi connectivity index (χ4v) is 4.02. The molecule has 0 aliphatic rings. The first-order chi connectivity index (χ1) is 13.8. The molecular formula is C20H20FN3O4S. The maximum Gasteiger partial charge on any atom is 0.253 e. The summed E-state index contributed by atoms with van der Waals surface area (Å²) in [6.45, 7) is 1.88. The lowest BCUT2D eigenvalue weighted by atomic mass is 10.1. The van der Waals surface area contributed by atoms with Gasteiger partial charge in [-0.2, -0.15) is 0 Å². The normalized spacial score (nSPS) is 11.4. The van der Waals surface area contributed by atoms with Gasteiger partial charge in [-0.1, -0.05) is 6.07 Å². The first kappa shape index (κ1) is 20.7. The molecule has 0 saturated heterocycles. The fraction of sp³-hybridized carbons (Fsp3) is 0.200. The molecule has 3 aromatic rings. The van der Waals surface area contributed by atoms with Crippen molar-refractivity contribution in [2.75, 3.05) is 13.7 Å². The van der Waals surface area contributed by atoms with Crippen LogP contribution in [0.15, 0.2) is 64.5 Å². The summed E-state index contributed by atoms with van der Waals surface area (Å²) in [5.41, 5.74) is 1.47. The van der Waals surface area contributed by atoms with Gasteiger partial charge in [0.15, 0.2) is 0 Å². The third-order valence-corrected chi connectivity index (χ3v) is 5.76. The van der Waals surface area contributed by atoms with Crippen molar-refractivity contribution >= 4 is 10.0 Å². The van der Waals surface area contributed by atoms with E-state index in [1.54, 1.807) is 19.1 Å². The van der Waals surface area contributed by atoms with E-state index < -0.39 is 10.0 Å². The first-order valence-electron chi connectivity index (χ1n) is 8.77. The van der Waals surface area contributed by atoms with Gasteiger partial charge in [-0.15, -0.1) is 0 Å². The van der Waals surface area contributed by atoms with Crippen LogP contribution in [-0.2, 0) is 16.6 Å². The Kier molecular flexibility index (Phi) is 6.09. The molecule has 0 aliphatic carbocycles. The van der Waals surface area contributed by atoms with Crippen molar-refractivity contribution in [2.45, 2.75) is 18.4 Å². The predicted molar refractivity (Wildman–Crippen MR) is 107 cm³/mol. The van der Waals surface area contributed by atoms with Gasteiger partial charge in [-0.05, 0) is 48.9 Å². The van der Waals surface area contributed by atoms with E-state index >= 15 is 0 Å². The van der Waals surface area contributed by atoms with E-state index in [1.165, 1.54) is 54.4 Å². The standard InChI is InChI=1S/C20H20FN3O4S/c1-14-3-8-18(28-2)19(11-14)29(26,27)23-9-10-24-13-22-17(12-20(24)25)15-4-6-16(21)7-5-15/h3-8,11-13,23H,9-10H2,1-2H3. The summed E-state index contributed by atoms with van der Waals surface area (Å²) < 4.78 is 47.1. The third-order valence-electron chi connectivity index (χ3n) is 4.27. The zero-order valence-electron chi connectivity index (χ0n) is 15.9. The molecular weight excluding hydrogens is 397 g/mol. The minimum Gasteiger partial charge on any atom is -0.495 e. The topological polar surface area (TPSA) is 90.3 Å². The zero-order valence-corrected chi connectivity index (χ0v) is 16.7. The van der Waals surface area contributed by atoms with Gasteiger partial charge in [0.1, 0.15) is 16.5 Å². The van der Waals surface area contributed by atoms with E-state index in [0.29, 0.717) is 11.3 Å². The highest BCUT2D eigenvalue weighted by molar-refractivity contribution is 7.89. The van der Waals surface area contributed by atoms with Gasteiger partial charge in [0.2, 0.25) is 10.0 Å². The molecule has 1 N–H and O–H groups in total. The van der Waals surface area contributed by atoms with Crippen LogP contribution in [0.5, 0.6) is 5.75 Å². The molecule has 152 valence electrons. The number of hydrogen-bond donors (Lipinski definition) is 1. The van der Waals surface area contributed by atoms with Gasteiger partial charge in [0.25, 0.3) is 5.56 Å². The molecule has 29 heavy (non-hydrogen) atoms. The van der Waals surface area contributed by atoms with Crippen molar-refractivity contribution in [2.24, 2.45) is 0 Å². The SMILES string of the molecule is COc1ccc(C)cc1S(=O)(=O)NCCn1cnc(-c2ccc(F)cc2)cc1=O. The van der Waals surface area contributed by atoms with Crippen LogP contribution in [-0.4, -0.2) is 31.6 Å². The Morgan fingerprint density at radius 3 is 2.52 bits per heavy atom. The molecule has 0 atom stereocenters. The molecule has 0 amide bonds. The quantitative estimate of drug-likeness (QED) is 0.637. The van der Waals surface area contributed by atoms with E-state index in [4.69, 9.17) is 4.74 Å². The Morgan fingerprint density at radius 1 is 1.14 bits per heavy atom. The van der Waals surface area contributed by atoms with Crippen LogP contribution in [0.25, 0.3) is 11.3 Å². The smallest absolute Gasteiger partial charge is 0.253 e. The highest BCUT2D eigenvalue weighted by atomic mass is 32.2. The van der Waals surface area contributed by atoms with Crippen molar-refractivity contribution < 1.29 is 17.5 Å². The molecule has 0 unspecified atom stereocenters. The molecule has 2 aromatic carbocycles. The average molecular weight is 417 g/mol. The Morgan fingerprint density at radius 2 is 1.86 bits per heavy atom. The van der Waals surface area contributed by atoms with Crippen molar-refractivity contribution in [3.05, 3.63) is 76.6 Å². The molecule has 1 aromatic heterocycles. The van der Waals surface area contributed by atoms with Crippen LogP contribution in [0.2, 0.25) is 0 Å². The molecule has 0 fully saturated rings. The Labute approximate surface area is 167 Å². The van der Waals surface area contributed by atoms with Crippen LogP contribution in [0.4, 0.5) is 4.39 Å². The van der Waals surface area contributed by atoms with Crippen molar-refractivity contribution in [1.82, 2.24) is 14.3 Å². The highest BCUT2D eigenvalue weighted by Crippen LogP contribution is 2.24. The molecule has 0 aliphatic heterocycles. The van der Waals surface area contributed by atoms with Crippen LogP contribution >= 0.6 is 0 Å². The van der Waals surface area contributed by atoms with Gasteiger partial charge in [-0.25, -0.2) is 22.5 Å². The number of halogens is 1. The summed E-state index contributed by atoms with van der Waals surface area (Å²) >= 11 is 0. The van der Waals surface area contributed by atoms with Crippen molar-refractivity contribution in [3.63, 3.8) is 0 Å². The number of sulfonamides is 1. The Balaban J connectivity index is 1.71. The van der Waals surface area contributed by atoms with Crippen molar-refractivity contribution in [1.29, 1.82) is 0 Å². The van der Waals surface area contributed by atoms with Crippen LogP contribution in [0, 0.1) is 12.7 Å². The largest absolute Gasteiger partial charge is 0.495 e. The number of benzene rings is 2. The summed E-state index contributed by atoms with van der Waals surface area (Å²) in [7, 11) is -2.41. The lowest BCUT2D eigenvalue weighted by Crippen LogP contribution is -2.31. The van der Waals surface area contributed by atoms with Gasteiger partial charge in [0.05, 0.1) is 19.1 Å².